The molecule has 2 nitrogen and oxygen atoms in total. The van der Waals surface area contributed by atoms with Crippen molar-refractivity contribution in [3.05, 3.63) is 60.7 Å². The number of benzene rings is 1. The number of alkyl halides is 3. The maximum absolute atomic E-state index is 12.5. The molecule has 0 unspecified atom stereocenters. The van der Waals surface area contributed by atoms with Crippen molar-refractivity contribution in [1.82, 2.24) is 4.90 Å². The van der Waals surface area contributed by atoms with Crippen LogP contribution < -0.4 is 0 Å². The maximum atomic E-state index is 12.5. The highest BCUT2D eigenvalue weighted by atomic mass is 19.4. The van der Waals surface area contributed by atoms with Crippen molar-refractivity contribution in [1.29, 1.82) is 0 Å². The second kappa shape index (κ2) is 6.22. The molecule has 19 heavy (non-hydrogen) atoms. The lowest BCUT2D eigenvalue weighted by molar-refractivity contribution is -0.0943. The lowest BCUT2D eigenvalue weighted by atomic mass is 10.2. The van der Waals surface area contributed by atoms with E-state index in [4.69, 9.17) is 0 Å². The topological polar surface area (TPSA) is 20.3 Å². The molecule has 0 spiro atoms. The van der Waals surface area contributed by atoms with Crippen molar-refractivity contribution in [2.75, 3.05) is 13.1 Å². The van der Waals surface area contributed by atoms with Crippen molar-refractivity contribution < 1.29 is 18.0 Å². The van der Waals surface area contributed by atoms with E-state index < -0.39 is 24.2 Å². The Bertz CT molecular complexity index is 465. The van der Waals surface area contributed by atoms with Gasteiger partial charge < -0.3 is 4.90 Å². The summed E-state index contributed by atoms with van der Waals surface area (Å²) < 4.78 is 37.4. The average Bonchev–Trinajstić information content (AvgIpc) is 2.37. The summed E-state index contributed by atoms with van der Waals surface area (Å²) >= 11 is 0. The Morgan fingerprint density at radius 3 is 2.32 bits per heavy atom. The van der Waals surface area contributed by atoms with E-state index in [2.05, 4.69) is 13.2 Å². The van der Waals surface area contributed by atoms with Crippen LogP contribution in [0, 0.1) is 0 Å². The number of carbonyl (C=O) groups excluding carboxylic acids is 1. The van der Waals surface area contributed by atoms with E-state index in [1.807, 2.05) is 0 Å². The molecule has 102 valence electrons. The average molecular weight is 269 g/mol. The molecular formula is C14H14F3NO. The first-order valence-corrected chi connectivity index (χ1v) is 5.56. The number of hydrogen-bond acceptors (Lipinski definition) is 1. The van der Waals surface area contributed by atoms with Crippen LogP contribution in [0.25, 0.3) is 0 Å². The molecule has 0 aliphatic rings. The van der Waals surface area contributed by atoms with Crippen LogP contribution >= 0.6 is 0 Å². The third kappa shape index (κ3) is 4.28. The quantitative estimate of drug-likeness (QED) is 0.750. The fourth-order valence-electron chi connectivity index (χ4n) is 1.46. The summed E-state index contributed by atoms with van der Waals surface area (Å²) in [4.78, 5) is 13.1. The fourth-order valence-corrected chi connectivity index (χ4v) is 1.46. The van der Waals surface area contributed by atoms with E-state index in [1.165, 1.54) is 6.08 Å². The number of halogens is 3. The Morgan fingerprint density at radius 2 is 1.84 bits per heavy atom. The summed E-state index contributed by atoms with van der Waals surface area (Å²) in [6.07, 6.45) is -3.12. The molecule has 0 atom stereocenters. The van der Waals surface area contributed by atoms with Gasteiger partial charge in [-0.05, 0) is 12.1 Å². The minimum absolute atomic E-state index is 0.0306. The molecule has 0 bridgehead atoms. The molecule has 1 aromatic rings. The third-order valence-corrected chi connectivity index (χ3v) is 2.44. The van der Waals surface area contributed by atoms with Gasteiger partial charge in [-0.3, -0.25) is 4.79 Å². The Kier molecular flexibility index (Phi) is 4.92. The molecule has 5 heteroatoms. The molecule has 0 aliphatic heterocycles. The van der Waals surface area contributed by atoms with Crippen molar-refractivity contribution in [3.8, 4) is 0 Å². The highest BCUT2D eigenvalue weighted by Crippen LogP contribution is 2.25. The minimum Gasteiger partial charge on any atom is -0.331 e. The van der Waals surface area contributed by atoms with Gasteiger partial charge in [0.1, 0.15) is 0 Å². The van der Waals surface area contributed by atoms with Gasteiger partial charge in [-0.2, -0.15) is 13.2 Å². The second-order valence-electron chi connectivity index (χ2n) is 3.94. The Balaban J connectivity index is 2.87. The molecular weight excluding hydrogens is 255 g/mol. The molecule has 0 N–H and O–H groups in total. The van der Waals surface area contributed by atoms with Crippen LogP contribution in [0.15, 0.2) is 55.1 Å². The van der Waals surface area contributed by atoms with Crippen molar-refractivity contribution >= 4 is 5.91 Å². The first-order valence-electron chi connectivity index (χ1n) is 5.56. The monoisotopic (exact) mass is 269 g/mol. The van der Waals surface area contributed by atoms with Crippen molar-refractivity contribution in [2.45, 2.75) is 6.18 Å². The molecule has 0 aliphatic carbocycles. The highest BCUT2D eigenvalue weighted by molar-refractivity contribution is 5.94. The molecule has 0 heterocycles. The predicted molar refractivity (Wildman–Crippen MR) is 67.7 cm³/mol. The SMILES string of the molecule is C=CCN(CC(=C)C(F)(F)F)C(=O)c1ccccc1. The first kappa shape index (κ1) is 15.0. The number of nitrogens with zero attached hydrogens (tertiary/aromatic N) is 1. The van der Waals surface area contributed by atoms with Gasteiger partial charge in [0.2, 0.25) is 0 Å². The van der Waals surface area contributed by atoms with Crippen LogP contribution in [-0.2, 0) is 0 Å². The van der Waals surface area contributed by atoms with E-state index in [0.717, 1.165) is 4.90 Å². The van der Waals surface area contributed by atoms with E-state index in [1.54, 1.807) is 30.3 Å². The minimum atomic E-state index is -4.50. The van der Waals surface area contributed by atoms with Crippen LogP contribution in [-0.4, -0.2) is 30.1 Å². The zero-order valence-corrected chi connectivity index (χ0v) is 10.3. The van der Waals surface area contributed by atoms with Crippen LogP contribution in [0.5, 0.6) is 0 Å². The summed E-state index contributed by atoms with van der Waals surface area (Å²) in [5, 5.41) is 0. The van der Waals surface area contributed by atoms with Gasteiger partial charge >= 0.3 is 6.18 Å². The highest BCUT2D eigenvalue weighted by Gasteiger charge is 2.33. The van der Waals surface area contributed by atoms with Crippen LogP contribution in [0.2, 0.25) is 0 Å². The van der Waals surface area contributed by atoms with Gasteiger partial charge in [0, 0.05) is 17.7 Å². The Labute approximate surface area is 109 Å². The molecule has 1 aromatic carbocycles. The van der Waals surface area contributed by atoms with E-state index in [-0.39, 0.29) is 6.54 Å². The Morgan fingerprint density at radius 1 is 1.26 bits per heavy atom. The van der Waals surface area contributed by atoms with Gasteiger partial charge in [0.25, 0.3) is 5.91 Å². The standard InChI is InChI=1S/C14H14F3NO/c1-3-9-18(10-11(2)14(15,16)17)13(19)12-7-5-4-6-8-12/h3-8H,1-2,9-10H2. The molecule has 1 amide bonds. The zero-order valence-electron chi connectivity index (χ0n) is 10.3. The maximum Gasteiger partial charge on any atom is 0.413 e. The predicted octanol–water partition coefficient (Wildman–Crippen LogP) is 3.43. The fraction of sp³-hybridized carbons (Fsp3) is 0.214. The summed E-state index contributed by atoms with van der Waals surface area (Å²) in [7, 11) is 0. The molecule has 1 rings (SSSR count). The lowest BCUT2D eigenvalue weighted by Crippen LogP contribution is -2.35. The molecule has 0 saturated heterocycles. The van der Waals surface area contributed by atoms with Crippen LogP contribution in [0.1, 0.15) is 10.4 Å². The zero-order chi connectivity index (χ0) is 14.5. The number of carbonyl (C=O) groups is 1. The van der Waals surface area contributed by atoms with Gasteiger partial charge in [-0.1, -0.05) is 30.9 Å². The summed E-state index contributed by atoms with van der Waals surface area (Å²) in [6.45, 7) is 5.88. The van der Waals surface area contributed by atoms with Crippen molar-refractivity contribution in [3.63, 3.8) is 0 Å². The third-order valence-electron chi connectivity index (χ3n) is 2.44. The first-order chi connectivity index (χ1) is 8.86. The van der Waals surface area contributed by atoms with Gasteiger partial charge in [-0.25, -0.2) is 0 Å². The number of rotatable bonds is 5. The number of hydrogen-bond donors (Lipinski definition) is 0. The second-order valence-corrected chi connectivity index (χ2v) is 3.94. The van der Waals surface area contributed by atoms with Crippen molar-refractivity contribution in [2.24, 2.45) is 0 Å². The van der Waals surface area contributed by atoms with E-state index in [0.29, 0.717) is 5.56 Å². The summed E-state index contributed by atoms with van der Waals surface area (Å²) in [5.74, 6) is -0.481. The lowest BCUT2D eigenvalue weighted by Gasteiger charge is -2.23. The summed E-state index contributed by atoms with van der Waals surface area (Å²) in [6, 6.07) is 8.13. The van der Waals surface area contributed by atoms with Gasteiger partial charge in [0.15, 0.2) is 0 Å². The largest absolute Gasteiger partial charge is 0.413 e. The molecule has 0 fully saturated rings. The molecule has 0 radical (unpaired) electrons. The van der Waals surface area contributed by atoms with Crippen LogP contribution in [0.4, 0.5) is 13.2 Å². The summed E-state index contributed by atoms with van der Waals surface area (Å²) in [5.41, 5.74) is -0.627. The van der Waals surface area contributed by atoms with Gasteiger partial charge in [-0.15, -0.1) is 6.58 Å². The molecule has 0 aromatic heterocycles. The van der Waals surface area contributed by atoms with Gasteiger partial charge in [0.05, 0.1) is 6.54 Å². The normalized spacial score (nSPS) is 10.9. The smallest absolute Gasteiger partial charge is 0.331 e. The Hall–Kier alpha value is -2.04. The molecule has 0 saturated carbocycles. The van der Waals surface area contributed by atoms with E-state index >= 15 is 0 Å². The van der Waals surface area contributed by atoms with E-state index in [9.17, 15) is 18.0 Å². The number of amides is 1. The van der Waals surface area contributed by atoms with Crippen LogP contribution in [0.3, 0.4) is 0 Å².